The summed E-state index contributed by atoms with van der Waals surface area (Å²) in [5.74, 6) is -0.360. The van der Waals surface area contributed by atoms with E-state index in [0.29, 0.717) is 26.9 Å². The number of anilines is 1. The molecule has 0 aliphatic heterocycles. The van der Waals surface area contributed by atoms with Crippen molar-refractivity contribution in [1.29, 1.82) is 0 Å². The van der Waals surface area contributed by atoms with E-state index in [0.717, 1.165) is 11.3 Å². The Bertz CT molecular complexity index is 1240. The fourth-order valence-corrected chi connectivity index (χ4v) is 4.97. The molecule has 2 aromatic carbocycles. The molecule has 0 atom stereocenters. The number of hydrogen-bond donors (Lipinski definition) is 1. The Morgan fingerprint density at radius 3 is 2.34 bits per heavy atom. The van der Waals surface area contributed by atoms with Crippen LogP contribution < -0.4 is 4.72 Å². The summed E-state index contributed by atoms with van der Waals surface area (Å²) in [5.41, 5.74) is 1.80. The molecule has 0 aliphatic rings. The Kier molecular flexibility index (Phi) is 5.31. The topological polar surface area (TPSA) is 72.0 Å². The van der Waals surface area contributed by atoms with Gasteiger partial charge in [0, 0.05) is 11.2 Å². The molecule has 0 aliphatic carbocycles. The van der Waals surface area contributed by atoms with Gasteiger partial charge in [0.25, 0.3) is 10.0 Å². The lowest BCUT2D eigenvalue weighted by atomic mass is 10.1. The van der Waals surface area contributed by atoms with Crippen LogP contribution in [-0.4, -0.2) is 18.4 Å². The first-order valence-corrected chi connectivity index (χ1v) is 11.1. The number of halogens is 2. The van der Waals surface area contributed by atoms with Crippen molar-refractivity contribution in [3.05, 3.63) is 83.8 Å². The number of benzene rings is 2. The van der Waals surface area contributed by atoms with Crippen molar-refractivity contribution < 1.29 is 12.8 Å². The third-order valence-electron chi connectivity index (χ3n) is 3.99. The van der Waals surface area contributed by atoms with Crippen LogP contribution in [0.4, 0.5) is 9.52 Å². The van der Waals surface area contributed by atoms with Crippen LogP contribution in [0, 0.1) is 5.82 Å². The van der Waals surface area contributed by atoms with E-state index in [1.807, 2.05) is 6.07 Å². The first kappa shape index (κ1) is 19.5. The Labute approximate surface area is 175 Å². The van der Waals surface area contributed by atoms with Crippen molar-refractivity contribution in [3.8, 4) is 21.8 Å². The second kappa shape index (κ2) is 7.90. The number of thiazole rings is 1. The lowest BCUT2D eigenvalue weighted by Crippen LogP contribution is -2.12. The molecule has 4 aromatic rings. The zero-order valence-corrected chi connectivity index (χ0v) is 17.1. The summed E-state index contributed by atoms with van der Waals surface area (Å²) in [6, 6.07) is 17.1. The minimum Gasteiger partial charge on any atom is -0.255 e. The highest BCUT2D eigenvalue weighted by molar-refractivity contribution is 7.93. The zero-order chi connectivity index (χ0) is 20.4. The molecule has 0 saturated heterocycles. The molecule has 0 radical (unpaired) electrons. The summed E-state index contributed by atoms with van der Waals surface area (Å²) in [5, 5.41) is 0.620. The van der Waals surface area contributed by atoms with Gasteiger partial charge in [-0.2, -0.15) is 0 Å². The highest BCUT2D eigenvalue weighted by Gasteiger charge is 2.21. The summed E-state index contributed by atoms with van der Waals surface area (Å²) in [4.78, 5) is 9.51. The second-order valence-corrected chi connectivity index (χ2v) is 9.10. The van der Waals surface area contributed by atoms with E-state index in [1.165, 1.54) is 36.4 Å². The lowest BCUT2D eigenvalue weighted by Gasteiger charge is -2.04. The van der Waals surface area contributed by atoms with Crippen LogP contribution in [0.1, 0.15) is 0 Å². The molecule has 4 rings (SSSR count). The smallest absolute Gasteiger partial charge is 0.255 e. The third-order valence-corrected chi connectivity index (χ3v) is 6.74. The van der Waals surface area contributed by atoms with E-state index >= 15 is 0 Å². The largest absolute Gasteiger partial charge is 0.263 e. The van der Waals surface area contributed by atoms with E-state index in [1.54, 1.807) is 30.5 Å². The number of hydrogen-bond acceptors (Lipinski definition) is 5. The molecule has 9 heteroatoms. The van der Waals surface area contributed by atoms with Crippen molar-refractivity contribution in [2.75, 3.05) is 4.72 Å². The van der Waals surface area contributed by atoms with Gasteiger partial charge in [0.2, 0.25) is 0 Å². The van der Waals surface area contributed by atoms with Crippen LogP contribution >= 0.6 is 22.9 Å². The summed E-state index contributed by atoms with van der Waals surface area (Å²) >= 11 is 6.98. The predicted molar refractivity (Wildman–Crippen MR) is 113 cm³/mol. The molecule has 2 aromatic heterocycles. The van der Waals surface area contributed by atoms with Gasteiger partial charge in [0.15, 0.2) is 5.13 Å². The highest BCUT2D eigenvalue weighted by atomic mass is 35.5. The Hall–Kier alpha value is -2.81. The molecule has 0 unspecified atom stereocenters. The maximum atomic E-state index is 13.3. The Morgan fingerprint density at radius 2 is 1.69 bits per heavy atom. The molecule has 146 valence electrons. The van der Waals surface area contributed by atoms with Crippen LogP contribution in [0.5, 0.6) is 0 Å². The fraction of sp³-hybridized carbons (Fsp3) is 0. The minimum absolute atomic E-state index is 0.0693. The summed E-state index contributed by atoms with van der Waals surface area (Å²) in [6.07, 6.45) is 1.63. The van der Waals surface area contributed by atoms with Gasteiger partial charge in [-0.05, 0) is 54.1 Å². The van der Waals surface area contributed by atoms with Gasteiger partial charge in [-0.1, -0.05) is 41.1 Å². The molecule has 29 heavy (non-hydrogen) atoms. The van der Waals surface area contributed by atoms with Crippen LogP contribution in [0.15, 0.2) is 77.8 Å². The van der Waals surface area contributed by atoms with Crippen molar-refractivity contribution in [2.24, 2.45) is 0 Å². The van der Waals surface area contributed by atoms with Crippen LogP contribution in [-0.2, 0) is 10.0 Å². The van der Waals surface area contributed by atoms with E-state index in [-0.39, 0.29) is 15.8 Å². The summed E-state index contributed by atoms with van der Waals surface area (Å²) in [7, 11) is -3.85. The normalized spacial score (nSPS) is 11.4. The van der Waals surface area contributed by atoms with Gasteiger partial charge < -0.3 is 0 Å². The second-order valence-electron chi connectivity index (χ2n) is 5.98. The molecule has 2 heterocycles. The predicted octanol–water partition coefficient (Wildman–Crippen LogP) is 5.47. The standard InChI is InChI=1S/C20H13ClFN3O2S2/c21-14-6-10-16(11-7-14)29(26,27)25-20-24-18(17-3-1-2-12-23-17)19(28-20)13-4-8-15(22)9-5-13/h1-12H,(H,24,25). The number of pyridine rings is 1. The molecule has 0 saturated carbocycles. The number of nitrogens with one attached hydrogen (secondary N) is 1. The third kappa shape index (κ3) is 4.29. The summed E-state index contributed by atoms with van der Waals surface area (Å²) < 4.78 is 41.2. The van der Waals surface area contributed by atoms with E-state index in [4.69, 9.17) is 11.6 Å². The number of sulfonamides is 1. The molecule has 1 N–H and O–H groups in total. The zero-order valence-electron chi connectivity index (χ0n) is 14.7. The summed E-state index contributed by atoms with van der Waals surface area (Å²) in [6.45, 7) is 0. The average Bonchev–Trinajstić information content (AvgIpc) is 3.12. The molecule has 0 amide bonds. The van der Waals surface area contributed by atoms with Crippen molar-refractivity contribution >= 4 is 38.1 Å². The number of rotatable bonds is 5. The van der Waals surface area contributed by atoms with Gasteiger partial charge in [-0.15, -0.1) is 0 Å². The molecule has 0 fully saturated rings. The minimum atomic E-state index is -3.85. The van der Waals surface area contributed by atoms with Crippen LogP contribution in [0.3, 0.4) is 0 Å². The van der Waals surface area contributed by atoms with Crippen molar-refractivity contribution in [2.45, 2.75) is 4.90 Å². The van der Waals surface area contributed by atoms with E-state index < -0.39 is 10.0 Å². The van der Waals surface area contributed by atoms with Crippen molar-refractivity contribution in [1.82, 2.24) is 9.97 Å². The highest BCUT2D eigenvalue weighted by Crippen LogP contribution is 2.39. The molecular formula is C20H13ClFN3O2S2. The number of aromatic nitrogens is 2. The molecule has 0 bridgehead atoms. The molecule has 0 spiro atoms. The molecular weight excluding hydrogens is 433 g/mol. The SMILES string of the molecule is O=S(=O)(Nc1nc(-c2ccccn2)c(-c2ccc(F)cc2)s1)c1ccc(Cl)cc1. The monoisotopic (exact) mass is 445 g/mol. The maximum Gasteiger partial charge on any atom is 0.263 e. The lowest BCUT2D eigenvalue weighted by molar-refractivity contribution is 0.601. The van der Waals surface area contributed by atoms with E-state index in [9.17, 15) is 12.8 Å². The van der Waals surface area contributed by atoms with Crippen LogP contribution in [0.2, 0.25) is 5.02 Å². The Balaban J connectivity index is 1.77. The first-order valence-electron chi connectivity index (χ1n) is 8.39. The van der Waals surface area contributed by atoms with Gasteiger partial charge >= 0.3 is 0 Å². The average molecular weight is 446 g/mol. The van der Waals surface area contributed by atoms with E-state index in [2.05, 4.69) is 14.7 Å². The van der Waals surface area contributed by atoms with Gasteiger partial charge in [-0.3, -0.25) is 9.71 Å². The van der Waals surface area contributed by atoms with Crippen LogP contribution in [0.25, 0.3) is 21.8 Å². The van der Waals surface area contributed by atoms with Gasteiger partial charge in [0.1, 0.15) is 11.5 Å². The number of nitrogens with zero attached hydrogens (tertiary/aromatic N) is 2. The first-order chi connectivity index (χ1) is 13.9. The quantitative estimate of drug-likeness (QED) is 0.442. The van der Waals surface area contributed by atoms with Gasteiger partial charge in [-0.25, -0.2) is 17.8 Å². The van der Waals surface area contributed by atoms with Gasteiger partial charge in [0.05, 0.1) is 15.5 Å². The Morgan fingerprint density at radius 1 is 0.966 bits per heavy atom. The molecule has 5 nitrogen and oxygen atoms in total. The maximum absolute atomic E-state index is 13.3. The fourth-order valence-electron chi connectivity index (χ4n) is 2.62. The van der Waals surface area contributed by atoms with Crippen molar-refractivity contribution in [3.63, 3.8) is 0 Å².